The van der Waals surface area contributed by atoms with Crippen molar-refractivity contribution in [2.45, 2.75) is 33.4 Å². The van der Waals surface area contributed by atoms with E-state index in [9.17, 15) is 0 Å². The lowest BCUT2D eigenvalue weighted by molar-refractivity contribution is 0.300. The zero-order chi connectivity index (χ0) is 14.5. The van der Waals surface area contributed by atoms with Gasteiger partial charge in [0.15, 0.2) is 0 Å². The monoisotopic (exact) mass is 269 g/mol. The first-order valence-corrected chi connectivity index (χ1v) is 7.06. The van der Waals surface area contributed by atoms with Crippen molar-refractivity contribution in [2.75, 3.05) is 7.05 Å². The molecule has 2 nitrogen and oxygen atoms in total. The lowest BCUT2D eigenvalue weighted by Crippen LogP contribution is -2.14. The molecule has 0 amide bonds. The van der Waals surface area contributed by atoms with Crippen LogP contribution in [0.4, 0.5) is 0 Å². The van der Waals surface area contributed by atoms with Crippen LogP contribution in [0.5, 0.6) is 5.75 Å². The van der Waals surface area contributed by atoms with Crippen LogP contribution in [0.3, 0.4) is 0 Å². The van der Waals surface area contributed by atoms with Crippen molar-refractivity contribution in [3.05, 3.63) is 64.7 Å². The molecule has 2 aromatic carbocycles. The van der Waals surface area contributed by atoms with Crippen LogP contribution in [0.1, 0.15) is 35.2 Å². The van der Waals surface area contributed by atoms with Gasteiger partial charge in [0.2, 0.25) is 0 Å². The van der Waals surface area contributed by atoms with Crippen molar-refractivity contribution < 1.29 is 4.74 Å². The Morgan fingerprint density at radius 2 is 1.65 bits per heavy atom. The molecule has 1 atom stereocenters. The Bertz CT molecular complexity index is 560. The predicted molar refractivity (Wildman–Crippen MR) is 84.2 cm³/mol. The summed E-state index contributed by atoms with van der Waals surface area (Å²) in [5.41, 5.74) is 4.93. The molecule has 0 aliphatic rings. The van der Waals surface area contributed by atoms with Gasteiger partial charge in [0.25, 0.3) is 0 Å². The van der Waals surface area contributed by atoms with Gasteiger partial charge in [-0.1, -0.05) is 47.5 Å². The Hall–Kier alpha value is -1.80. The molecular weight excluding hydrogens is 246 g/mol. The lowest BCUT2D eigenvalue weighted by Gasteiger charge is -2.17. The normalized spacial score (nSPS) is 12.2. The van der Waals surface area contributed by atoms with Crippen molar-refractivity contribution >= 4 is 0 Å². The third-order valence-corrected chi connectivity index (χ3v) is 3.58. The van der Waals surface area contributed by atoms with Crippen molar-refractivity contribution in [1.82, 2.24) is 5.32 Å². The molecule has 0 fully saturated rings. The second kappa shape index (κ2) is 6.58. The van der Waals surface area contributed by atoms with Gasteiger partial charge >= 0.3 is 0 Å². The highest BCUT2D eigenvalue weighted by molar-refractivity contribution is 5.39. The molecule has 0 aromatic heterocycles. The van der Waals surface area contributed by atoms with Crippen molar-refractivity contribution in [3.8, 4) is 5.75 Å². The topological polar surface area (TPSA) is 21.3 Å². The molecule has 2 heteroatoms. The van der Waals surface area contributed by atoms with Gasteiger partial charge in [-0.05, 0) is 39.4 Å². The fraction of sp³-hybridized carbons (Fsp3) is 0.333. The first-order valence-electron chi connectivity index (χ1n) is 7.06. The summed E-state index contributed by atoms with van der Waals surface area (Å²) in [5, 5.41) is 3.27. The maximum absolute atomic E-state index is 6.00. The average Bonchev–Trinajstić information content (AvgIpc) is 2.46. The van der Waals surface area contributed by atoms with Crippen molar-refractivity contribution in [1.29, 1.82) is 0 Å². The second-order valence-corrected chi connectivity index (χ2v) is 5.33. The number of rotatable bonds is 5. The first kappa shape index (κ1) is 14.6. The number of hydrogen-bond donors (Lipinski definition) is 1. The Labute approximate surface area is 121 Å². The largest absolute Gasteiger partial charge is 0.489 e. The minimum absolute atomic E-state index is 0.280. The van der Waals surface area contributed by atoms with E-state index in [2.05, 4.69) is 68.6 Å². The van der Waals surface area contributed by atoms with Gasteiger partial charge < -0.3 is 10.1 Å². The van der Waals surface area contributed by atoms with Crippen molar-refractivity contribution in [2.24, 2.45) is 0 Å². The van der Waals surface area contributed by atoms with E-state index in [1.807, 2.05) is 7.05 Å². The van der Waals surface area contributed by atoms with Crippen LogP contribution in [0.25, 0.3) is 0 Å². The standard InChI is InChI=1S/C18H23NO/c1-13-5-8-16(9-6-13)12-20-18-10-7-14(2)11-17(18)15(3)19-4/h5-11,15,19H,12H2,1-4H3. The van der Waals surface area contributed by atoms with E-state index in [0.717, 1.165) is 5.75 Å². The van der Waals surface area contributed by atoms with Gasteiger partial charge in [-0.25, -0.2) is 0 Å². The minimum atomic E-state index is 0.280. The summed E-state index contributed by atoms with van der Waals surface area (Å²) < 4.78 is 6.00. The van der Waals surface area contributed by atoms with Gasteiger partial charge in [0, 0.05) is 11.6 Å². The van der Waals surface area contributed by atoms with E-state index in [0.29, 0.717) is 6.61 Å². The summed E-state index contributed by atoms with van der Waals surface area (Å²) in [6, 6.07) is 15.1. The van der Waals surface area contributed by atoms with Crippen LogP contribution >= 0.6 is 0 Å². The second-order valence-electron chi connectivity index (χ2n) is 5.33. The highest BCUT2D eigenvalue weighted by Crippen LogP contribution is 2.27. The summed E-state index contributed by atoms with van der Waals surface area (Å²) in [7, 11) is 1.97. The summed E-state index contributed by atoms with van der Waals surface area (Å²) in [6.45, 7) is 6.95. The summed E-state index contributed by atoms with van der Waals surface area (Å²) >= 11 is 0. The minimum Gasteiger partial charge on any atom is -0.489 e. The summed E-state index contributed by atoms with van der Waals surface area (Å²) in [4.78, 5) is 0. The van der Waals surface area contributed by atoms with Crippen molar-refractivity contribution in [3.63, 3.8) is 0 Å². The van der Waals surface area contributed by atoms with E-state index in [4.69, 9.17) is 4.74 Å². The maximum atomic E-state index is 6.00. The molecule has 2 aromatic rings. The molecule has 0 bridgehead atoms. The summed E-state index contributed by atoms with van der Waals surface area (Å²) in [5.74, 6) is 0.957. The van der Waals surface area contributed by atoms with Crippen LogP contribution in [0, 0.1) is 13.8 Å². The first-order chi connectivity index (χ1) is 9.60. The molecule has 0 heterocycles. The number of nitrogens with one attached hydrogen (secondary N) is 1. The maximum Gasteiger partial charge on any atom is 0.124 e. The highest BCUT2D eigenvalue weighted by atomic mass is 16.5. The molecule has 0 saturated heterocycles. The van der Waals surface area contributed by atoms with E-state index < -0.39 is 0 Å². The fourth-order valence-electron chi connectivity index (χ4n) is 2.14. The SMILES string of the molecule is CNC(C)c1cc(C)ccc1OCc1ccc(C)cc1. The van der Waals surface area contributed by atoms with Crippen LogP contribution in [-0.4, -0.2) is 7.05 Å². The third-order valence-electron chi connectivity index (χ3n) is 3.58. The number of aryl methyl sites for hydroxylation is 2. The molecule has 0 spiro atoms. The Kier molecular flexibility index (Phi) is 4.80. The molecule has 106 valence electrons. The predicted octanol–water partition coefficient (Wildman–Crippen LogP) is 4.16. The molecule has 1 N–H and O–H groups in total. The fourth-order valence-corrected chi connectivity index (χ4v) is 2.14. The zero-order valence-corrected chi connectivity index (χ0v) is 12.7. The van der Waals surface area contributed by atoms with Crippen LogP contribution in [0.15, 0.2) is 42.5 Å². The number of hydrogen-bond acceptors (Lipinski definition) is 2. The molecule has 0 radical (unpaired) electrons. The Morgan fingerprint density at radius 1 is 1.00 bits per heavy atom. The smallest absolute Gasteiger partial charge is 0.124 e. The molecule has 20 heavy (non-hydrogen) atoms. The van der Waals surface area contributed by atoms with E-state index in [-0.39, 0.29) is 6.04 Å². The third kappa shape index (κ3) is 3.61. The van der Waals surface area contributed by atoms with Gasteiger partial charge in [-0.15, -0.1) is 0 Å². The van der Waals surface area contributed by atoms with E-state index in [1.165, 1.54) is 22.3 Å². The molecule has 1 unspecified atom stereocenters. The van der Waals surface area contributed by atoms with E-state index in [1.54, 1.807) is 0 Å². The zero-order valence-electron chi connectivity index (χ0n) is 12.7. The Morgan fingerprint density at radius 3 is 2.30 bits per heavy atom. The Balaban J connectivity index is 2.14. The molecule has 0 saturated carbocycles. The number of ether oxygens (including phenoxy) is 1. The van der Waals surface area contributed by atoms with Crippen LogP contribution in [0.2, 0.25) is 0 Å². The molecule has 0 aliphatic carbocycles. The highest BCUT2D eigenvalue weighted by Gasteiger charge is 2.10. The van der Waals surface area contributed by atoms with Crippen LogP contribution in [-0.2, 0) is 6.61 Å². The van der Waals surface area contributed by atoms with Gasteiger partial charge in [-0.2, -0.15) is 0 Å². The van der Waals surface area contributed by atoms with Gasteiger partial charge in [-0.3, -0.25) is 0 Å². The molecule has 0 aliphatic heterocycles. The average molecular weight is 269 g/mol. The van der Waals surface area contributed by atoms with Gasteiger partial charge in [0.05, 0.1) is 0 Å². The number of benzene rings is 2. The quantitative estimate of drug-likeness (QED) is 0.880. The molecule has 2 rings (SSSR count). The van der Waals surface area contributed by atoms with Gasteiger partial charge in [0.1, 0.15) is 12.4 Å². The lowest BCUT2D eigenvalue weighted by atomic mass is 10.0. The summed E-state index contributed by atoms with van der Waals surface area (Å²) in [6.07, 6.45) is 0. The van der Waals surface area contributed by atoms with Crippen LogP contribution < -0.4 is 10.1 Å². The molecular formula is C18H23NO. The van der Waals surface area contributed by atoms with E-state index >= 15 is 0 Å².